The molecule has 2 aromatic rings. The van der Waals surface area contributed by atoms with Crippen LogP contribution >= 0.6 is 18.0 Å². The van der Waals surface area contributed by atoms with Crippen molar-refractivity contribution in [3.63, 3.8) is 0 Å². The van der Waals surface area contributed by atoms with E-state index in [0.29, 0.717) is 0 Å². The molecule has 2 aromatic carbocycles. The minimum Gasteiger partial charge on any atom is -0.346 e. The molecule has 0 aliphatic rings. The van der Waals surface area contributed by atoms with Crippen molar-refractivity contribution in [1.82, 2.24) is 9.80 Å². The molecule has 116 valence electrons. The lowest BCUT2D eigenvalue weighted by atomic mass is 10.4. The van der Waals surface area contributed by atoms with Crippen LogP contribution in [0, 0.1) is 0 Å². The van der Waals surface area contributed by atoms with Crippen LogP contribution in [0.4, 0.5) is 0 Å². The van der Waals surface area contributed by atoms with E-state index in [1.165, 1.54) is 0 Å². The zero-order valence-electron chi connectivity index (χ0n) is 13.4. The van der Waals surface area contributed by atoms with Crippen molar-refractivity contribution >= 4 is 34.6 Å². The number of nitrogens with zero attached hydrogens (tertiary/aromatic N) is 3. The van der Waals surface area contributed by atoms with E-state index in [9.17, 15) is 0 Å². The topological polar surface area (TPSA) is 18.8 Å². The van der Waals surface area contributed by atoms with Gasteiger partial charge in [0.15, 0.2) is 0 Å². The van der Waals surface area contributed by atoms with Gasteiger partial charge in [0, 0.05) is 28.2 Å². The molecule has 0 heterocycles. The van der Waals surface area contributed by atoms with Gasteiger partial charge in [0.2, 0.25) is 5.96 Å². The Kier molecular flexibility index (Phi) is 5.44. The Hall–Kier alpha value is -1.57. The first-order valence-electron chi connectivity index (χ1n) is 7.10. The fraction of sp³-hybridized carbons (Fsp3) is 0.235. The molecule has 0 bridgehead atoms. The molecule has 0 unspecified atom stereocenters. The zero-order chi connectivity index (χ0) is 16.2. The molecule has 0 radical (unpaired) electrons. The van der Waals surface area contributed by atoms with Gasteiger partial charge in [0.25, 0.3) is 6.77 Å². The molecule has 0 aliphatic carbocycles. The highest BCUT2D eigenvalue weighted by Crippen LogP contribution is 2.63. The molecule has 0 atom stereocenters. The highest BCUT2D eigenvalue weighted by atomic mass is 35.7. The molecule has 0 spiro atoms. The van der Waals surface area contributed by atoms with Crippen LogP contribution in [0.5, 0.6) is 0 Å². The highest BCUT2D eigenvalue weighted by molar-refractivity contribution is 8.09. The summed E-state index contributed by atoms with van der Waals surface area (Å²) >= 11 is 7.14. The predicted molar refractivity (Wildman–Crippen MR) is 99.7 cm³/mol. The van der Waals surface area contributed by atoms with Gasteiger partial charge in [-0.3, -0.25) is 0 Å². The van der Waals surface area contributed by atoms with Crippen LogP contribution in [0.3, 0.4) is 0 Å². The summed E-state index contributed by atoms with van der Waals surface area (Å²) in [4.78, 5) is 3.98. The largest absolute Gasteiger partial charge is 0.346 e. The maximum absolute atomic E-state index is 7.14. The fourth-order valence-corrected chi connectivity index (χ4v) is 5.36. The van der Waals surface area contributed by atoms with E-state index in [-0.39, 0.29) is 0 Å². The summed E-state index contributed by atoms with van der Waals surface area (Å²) in [6.45, 7) is -2.36. The minimum atomic E-state index is -2.36. The Morgan fingerprint density at radius 1 is 0.773 bits per heavy atom. The first-order valence-corrected chi connectivity index (χ1v) is 9.74. The predicted octanol–water partition coefficient (Wildman–Crippen LogP) is 3.20. The van der Waals surface area contributed by atoms with Crippen molar-refractivity contribution in [2.75, 3.05) is 28.2 Å². The van der Waals surface area contributed by atoms with Crippen LogP contribution in [-0.2, 0) is 0 Å². The minimum absolute atomic E-state index is 0.857. The first kappa shape index (κ1) is 16.8. The molecule has 2 rings (SSSR count). The molecule has 0 amide bonds. The van der Waals surface area contributed by atoms with Crippen LogP contribution in [0.1, 0.15) is 0 Å². The van der Waals surface area contributed by atoms with Crippen molar-refractivity contribution in [2.45, 2.75) is 0 Å². The highest BCUT2D eigenvalue weighted by Gasteiger charge is 2.44. The van der Waals surface area contributed by atoms with Gasteiger partial charge in [-0.25, -0.2) is 0 Å². The third-order valence-corrected chi connectivity index (χ3v) is 7.04. The van der Waals surface area contributed by atoms with Crippen molar-refractivity contribution in [3.8, 4) is 0 Å². The van der Waals surface area contributed by atoms with E-state index >= 15 is 0 Å². The lowest BCUT2D eigenvalue weighted by molar-refractivity contribution is 0.486. The van der Waals surface area contributed by atoms with Crippen LogP contribution in [-0.4, -0.2) is 44.0 Å². The van der Waals surface area contributed by atoms with Gasteiger partial charge in [-0.15, -0.1) is 0 Å². The van der Waals surface area contributed by atoms with E-state index in [1.807, 2.05) is 74.4 Å². The van der Waals surface area contributed by atoms with E-state index in [2.05, 4.69) is 24.3 Å². The summed E-state index contributed by atoms with van der Waals surface area (Å²) in [6.07, 6.45) is 0. The van der Waals surface area contributed by atoms with Crippen LogP contribution in [0.15, 0.2) is 65.4 Å². The molecule has 0 saturated carbocycles. The number of benzene rings is 2. The summed E-state index contributed by atoms with van der Waals surface area (Å²) in [5.74, 6) is 0.857. The Bertz CT molecular complexity index is 577. The Morgan fingerprint density at radius 3 is 1.45 bits per heavy atom. The van der Waals surface area contributed by atoms with E-state index < -0.39 is 6.77 Å². The normalized spacial score (nSPS) is 11.0. The van der Waals surface area contributed by atoms with E-state index in [4.69, 9.17) is 16.0 Å². The Labute approximate surface area is 138 Å². The summed E-state index contributed by atoms with van der Waals surface area (Å²) in [7, 11) is 7.93. The number of hydrogen-bond donors (Lipinski definition) is 0. The summed E-state index contributed by atoms with van der Waals surface area (Å²) in [6, 6.07) is 20.3. The number of rotatable bonds is 3. The van der Waals surface area contributed by atoms with Gasteiger partial charge in [0.1, 0.15) is 21.8 Å². The van der Waals surface area contributed by atoms with Crippen LogP contribution < -0.4 is 10.6 Å². The Balaban J connectivity index is 2.64. The third-order valence-electron chi connectivity index (χ3n) is 3.22. The van der Waals surface area contributed by atoms with Crippen molar-refractivity contribution in [1.29, 1.82) is 0 Å². The van der Waals surface area contributed by atoms with Gasteiger partial charge >= 0.3 is 0 Å². The average molecular weight is 335 g/mol. The smallest absolute Gasteiger partial charge is 0.298 e. The Morgan fingerprint density at radius 2 is 1.14 bits per heavy atom. The van der Waals surface area contributed by atoms with Crippen molar-refractivity contribution in [2.24, 2.45) is 4.76 Å². The van der Waals surface area contributed by atoms with Crippen molar-refractivity contribution in [3.05, 3.63) is 60.7 Å². The lowest BCUT2D eigenvalue weighted by Crippen LogP contribution is -2.36. The summed E-state index contributed by atoms with van der Waals surface area (Å²) < 4.78 is 4.99. The quantitative estimate of drug-likeness (QED) is 0.487. The summed E-state index contributed by atoms with van der Waals surface area (Å²) in [5, 5.41) is 2.12. The van der Waals surface area contributed by atoms with Gasteiger partial charge < -0.3 is 9.80 Å². The molecule has 3 nitrogen and oxygen atoms in total. The van der Waals surface area contributed by atoms with Crippen LogP contribution in [0.25, 0.3) is 0 Å². The molecule has 0 aliphatic heterocycles. The number of hydrogen-bond acceptors (Lipinski definition) is 1. The second-order valence-corrected chi connectivity index (χ2v) is 9.23. The molecule has 5 heteroatoms. The van der Waals surface area contributed by atoms with E-state index in [0.717, 1.165) is 16.6 Å². The van der Waals surface area contributed by atoms with Crippen molar-refractivity contribution < 1.29 is 0 Å². The molecule has 0 saturated heterocycles. The summed E-state index contributed by atoms with van der Waals surface area (Å²) in [5.41, 5.74) is 0. The number of guanidine groups is 1. The second-order valence-electron chi connectivity index (χ2n) is 5.42. The maximum atomic E-state index is 7.14. The zero-order valence-corrected chi connectivity index (χ0v) is 15.1. The monoisotopic (exact) mass is 334 g/mol. The lowest BCUT2D eigenvalue weighted by Gasteiger charge is -2.24. The maximum Gasteiger partial charge on any atom is 0.298 e. The molecule has 0 aromatic heterocycles. The number of halogens is 1. The molecular weight excluding hydrogens is 313 g/mol. The standard InChI is InChI=1S/C17H22ClN3P/c1-20(2)17(21(3)4)19-22(18,15-11-7-5-8-12-15)16-13-9-6-10-14-16/h5-14H,1-4H3/q+1. The third kappa shape index (κ3) is 3.60. The SMILES string of the molecule is CN(C)C(=N[P+](Cl)(c1ccccc1)c1ccccc1)N(C)C. The average Bonchev–Trinajstić information content (AvgIpc) is 2.53. The molecule has 22 heavy (non-hydrogen) atoms. The van der Waals surface area contributed by atoms with Crippen LogP contribution in [0.2, 0.25) is 0 Å². The van der Waals surface area contributed by atoms with Gasteiger partial charge in [-0.05, 0) is 24.3 Å². The van der Waals surface area contributed by atoms with Gasteiger partial charge in [0.05, 0.1) is 0 Å². The molecular formula is C17H22ClN3P+. The molecule has 0 N–H and O–H groups in total. The van der Waals surface area contributed by atoms with E-state index in [1.54, 1.807) is 0 Å². The second kappa shape index (κ2) is 7.13. The molecule has 0 fully saturated rings. The fourth-order valence-electron chi connectivity index (χ4n) is 2.22. The van der Waals surface area contributed by atoms with Gasteiger partial charge in [-0.2, -0.15) is 0 Å². The van der Waals surface area contributed by atoms with Gasteiger partial charge in [-0.1, -0.05) is 41.2 Å². The first-order chi connectivity index (χ1) is 10.4.